The number of fused-ring (bicyclic) bond motifs is 1. The summed E-state index contributed by atoms with van der Waals surface area (Å²) in [5.41, 5.74) is 4.12. The molecule has 0 amide bonds. The first kappa shape index (κ1) is 18.4. The van der Waals surface area contributed by atoms with Gasteiger partial charge in [-0.15, -0.1) is 11.3 Å². The van der Waals surface area contributed by atoms with Gasteiger partial charge in [-0.3, -0.25) is 4.99 Å². The quantitative estimate of drug-likeness (QED) is 0.598. The van der Waals surface area contributed by atoms with Gasteiger partial charge in [0.05, 0.1) is 4.70 Å². The Balaban J connectivity index is 1.39. The Labute approximate surface area is 175 Å². The van der Waals surface area contributed by atoms with Gasteiger partial charge in [0.2, 0.25) is 0 Å². The van der Waals surface area contributed by atoms with Gasteiger partial charge in [-0.25, -0.2) is 15.0 Å². The van der Waals surface area contributed by atoms with E-state index in [1.807, 2.05) is 18.6 Å². The lowest BCUT2D eigenvalue weighted by Gasteiger charge is -2.33. The van der Waals surface area contributed by atoms with Gasteiger partial charge in [-0.2, -0.15) is 0 Å². The summed E-state index contributed by atoms with van der Waals surface area (Å²) in [7, 11) is 0. The summed E-state index contributed by atoms with van der Waals surface area (Å²) in [4.78, 5) is 20.9. The largest absolute Gasteiger partial charge is 0.356 e. The lowest BCUT2D eigenvalue weighted by Crippen LogP contribution is -2.35. The van der Waals surface area contributed by atoms with Crippen molar-refractivity contribution >= 4 is 39.3 Å². The molecular weight excluding hydrogens is 378 g/mol. The smallest absolute Gasteiger partial charge is 0.170 e. The van der Waals surface area contributed by atoms with Crippen LogP contribution < -0.4 is 4.90 Å². The van der Waals surface area contributed by atoms with E-state index >= 15 is 0 Å². The van der Waals surface area contributed by atoms with Crippen LogP contribution in [0.2, 0.25) is 0 Å². The molecule has 3 aromatic rings. The molecule has 0 spiro atoms. The number of thiazole rings is 1. The van der Waals surface area contributed by atoms with E-state index in [4.69, 9.17) is 9.97 Å². The van der Waals surface area contributed by atoms with Gasteiger partial charge in [0.15, 0.2) is 5.65 Å². The first-order valence-electron chi connectivity index (χ1n) is 10.5. The van der Waals surface area contributed by atoms with Crippen molar-refractivity contribution in [2.75, 3.05) is 24.5 Å². The molecule has 0 unspecified atom stereocenters. The number of nitrogens with zero attached hydrogens (tertiary/aromatic N) is 5. The van der Waals surface area contributed by atoms with E-state index in [1.165, 1.54) is 19.3 Å². The Morgan fingerprint density at radius 3 is 2.90 bits per heavy atom. The highest BCUT2D eigenvalue weighted by Crippen LogP contribution is 2.32. The molecule has 5 heterocycles. The van der Waals surface area contributed by atoms with Crippen LogP contribution in [0.25, 0.3) is 26.5 Å². The van der Waals surface area contributed by atoms with E-state index in [1.54, 1.807) is 11.3 Å². The third-order valence-corrected chi connectivity index (χ3v) is 6.89. The summed E-state index contributed by atoms with van der Waals surface area (Å²) in [5, 5.41) is 0.972. The normalized spacial score (nSPS) is 19.6. The zero-order valence-corrected chi connectivity index (χ0v) is 17.5. The number of aromatic nitrogens is 3. The van der Waals surface area contributed by atoms with Gasteiger partial charge in [0, 0.05) is 49.4 Å². The van der Waals surface area contributed by atoms with Crippen molar-refractivity contribution in [2.24, 2.45) is 10.9 Å². The van der Waals surface area contributed by atoms with Crippen LogP contribution in [0.3, 0.4) is 0 Å². The van der Waals surface area contributed by atoms with E-state index in [2.05, 4.69) is 46.1 Å². The molecule has 0 N–H and O–H groups in total. The second-order valence-electron chi connectivity index (χ2n) is 7.82. The molecule has 2 aliphatic heterocycles. The van der Waals surface area contributed by atoms with E-state index < -0.39 is 0 Å². The summed E-state index contributed by atoms with van der Waals surface area (Å²) in [6, 6.07) is 6.46. The van der Waals surface area contributed by atoms with E-state index in [0.29, 0.717) is 0 Å². The Bertz CT molecular complexity index is 1070. The van der Waals surface area contributed by atoms with E-state index in [0.717, 1.165) is 69.8 Å². The number of piperidine rings is 1. The minimum Gasteiger partial charge on any atom is -0.356 e. The summed E-state index contributed by atoms with van der Waals surface area (Å²) in [5.74, 6) is 1.87. The highest BCUT2D eigenvalue weighted by Gasteiger charge is 2.19. The standard InChI is InChI=1S/C23H25N5S/c1-2-16-5-4-10-28(15-16)21-8-7-18(13-25-21)23-27-22-20(29-23)11-19(14-26-22)17-6-3-9-24-12-17/h6-8,11-14,16H,2-5,9-10,15H2,1H3/t16-/m0/s1. The average molecular weight is 404 g/mol. The van der Waals surface area contributed by atoms with Crippen LogP contribution in [-0.4, -0.2) is 40.8 Å². The molecule has 5 nitrogen and oxygen atoms in total. The lowest BCUT2D eigenvalue weighted by molar-refractivity contribution is 0.403. The van der Waals surface area contributed by atoms with Gasteiger partial charge >= 0.3 is 0 Å². The molecule has 0 aliphatic carbocycles. The van der Waals surface area contributed by atoms with Gasteiger partial charge in [0.25, 0.3) is 0 Å². The maximum absolute atomic E-state index is 4.75. The van der Waals surface area contributed by atoms with Gasteiger partial charge in [-0.1, -0.05) is 19.4 Å². The molecule has 0 radical (unpaired) electrons. The monoisotopic (exact) mass is 403 g/mol. The molecule has 0 bridgehead atoms. The maximum atomic E-state index is 4.75. The Kier molecular flexibility index (Phi) is 5.10. The van der Waals surface area contributed by atoms with Gasteiger partial charge in [-0.05, 0) is 49.0 Å². The van der Waals surface area contributed by atoms with E-state index in [-0.39, 0.29) is 0 Å². The molecule has 5 rings (SSSR count). The molecule has 148 valence electrons. The van der Waals surface area contributed by atoms with Crippen molar-refractivity contribution < 1.29 is 0 Å². The Morgan fingerprint density at radius 1 is 1.17 bits per heavy atom. The van der Waals surface area contributed by atoms with Crippen LogP contribution >= 0.6 is 11.3 Å². The van der Waals surface area contributed by atoms with Crippen molar-refractivity contribution in [3.8, 4) is 10.6 Å². The van der Waals surface area contributed by atoms with E-state index in [9.17, 15) is 0 Å². The fourth-order valence-corrected chi connectivity index (χ4v) is 5.06. The third kappa shape index (κ3) is 3.81. The molecule has 6 heteroatoms. The number of hydrogen-bond donors (Lipinski definition) is 0. The van der Waals surface area contributed by atoms with Crippen LogP contribution in [0.5, 0.6) is 0 Å². The molecule has 0 saturated carbocycles. The van der Waals surface area contributed by atoms with Gasteiger partial charge in [0.1, 0.15) is 10.8 Å². The number of allylic oxidation sites excluding steroid dienone is 1. The fourth-order valence-electron chi connectivity index (χ4n) is 4.11. The van der Waals surface area contributed by atoms with Crippen molar-refractivity contribution in [2.45, 2.75) is 32.6 Å². The van der Waals surface area contributed by atoms with Crippen molar-refractivity contribution in [3.05, 3.63) is 42.2 Å². The third-order valence-electron chi connectivity index (χ3n) is 5.85. The van der Waals surface area contributed by atoms with Crippen molar-refractivity contribution in [1.82, 2.24) is 15.0 Å². The van der Waals surface area contributed by atoms with Crippen LogP contribution in [0, 0.1) is 5.92 Å². The van der Waals surface area contributed by atoms with Crippen LogP contribution in [-0.2, 0) is 0 Å². The molecular formula is C23H25N5S. The highest BCUT2D eigenvalue weighted by molar-refractivity contribution is 7.21. The molecule has 3 aromatic heterocycles. The number of aliphatic imine (C=N–C) groups is 1. The zero-order chi connectivity index (χ0) is 19.6. The molecule has 1 atom stereocenters. The maximum Gasteiger partial charge on any atom is 0.170 e. The van der Waals surface area contributed by atoms with Gasteiger partial charge < -0.3 is 4.90 Å². The van der Waals surface area contributed by atoms with Crippen LogP contribution in [0.1, 0.15) is 38.2 Å². The topological polar surface area (TPSA) is 54.3 Å². The zero-order valence-electron chi connectivity index (χ0n) is 16.7. The summed E-state index contributed by atoms with van der Waals surface area (Å²) in [6.07, 6.45) is 12.9. The number of dihydropyridines is 1. The number of hydrogen-bond acceptors (Lipinski definition) is 6. The first-order chi connectivity index (χ1) is 14.3. The minimum absolute atomic E-state index is 0.791. The molecule has 1 fully saturated rings. The molecule has 29 heavy (non-hydrogen) atoms. The highest BCUT2D eigenvalue weighted by atomic mass is 32.1. The lowest BCUT2D eigenvalue weighted by atomic mass is 9.96. The minimum atomic E-state index is 0.791. The number of pyridine rings is 2. The number of rotatable bonds is 4. The first-order valence-corrected chi connectivity index (χ1v) is 11.3. The average Bonchev–Trinajstić information content (AvgIpc) is 3.23. The van der Waals surface area contributed by atoms with Crippen molar-refractivity contribution in [3.63, 3.8) is 0 Å². The second-order valence-corrected chi connectivity index (χ2v) is 8.85. The molecule has 2 aliphatic rings. The SMILES string of the molecule is CC[C@H]1CCCN(c2ccc(-c3nc4ncc(C5=CCCN=C5)cc4s3)cn2)C1. The number of anilines is 1. The van der Waals surface area contributed by atoms with Crippen molar-refractivity contribution in [1.29, 1.82) is 0 Å². The summed E-state index contributed by atoms with van der Waals surface area (Å²) >= 11 is 1.68. The van der Waals surface area contributed by atoms with Crippen LogP contribution in [0.15, 0.2) is 41.7 Å². The molecule has 0 aromatic carbocycles. The Morgan fingerprint density at radius 2 is 2.10 bits per heavy atom. The fraction of sp³-hybridized carbons (Fsp3) is 0.391. The molecule has 1 saturated heterocycles. The summed E-state index contributed by atoms with van der Waals surface area (Å²) in [6.45, 7) is 5.39. The predicted molar refractivity (Wildman–Crippen MR) is 122 cm³/mol. The Hall–Kier alpha value is -2.60. The van der Waals surface area contributed by atoms with Crippen LogP contribution in [0.4, 0.5) is 5.82 Å². The second kappa shape index (κ2) is 8.03. The predicted octanol–water partition coefficient (Wildman–Crippen LogP) is 5.24. The summed E-state index contributed by atoms with van der Waals surface area (Å²) < 4.78 is 1.10.